The number of rotatable bonds is 5. The first-order valence-corrected chi connectivity index (χ1v) is 9.21. The van der Waals surface area contributed by atoms with Crippen LogP contribution in [-0.4, -0.2) is 30.8 Å². The van der Waals surface area contributed by atoms with E-state index in [1.54, 1.807) is 6.20 Å². The van der Waals surface area contributed by atoms with Crippen LogP contribution in [0, 0.1) is 6.92 Å². The largest absolute Gasteiger partial charge is 0.415 e. The molecule has 18 heavy (non-hydrogen) atoms. The van der Waals surface area contributed by atoms with Crippen LogP contribution >= 0.6 is 0 Å². The predicted molar refractivity (Wildman–Crippen MR) is 75.5 cm³/mol. The Hall–Kier alpha value is -0.943. The monoisotopic (exact) mass is 268 g/mol. The van der Waals surface area contributed by atoms with Crippen molar-refractivity contribution in [2.24, 2.45) is 0 Å². The molecule has 102 valence electrons. The fourth-order valence-corrected chi connectivity index (χ4v) is 2.51. The van der Waals surface area contributed by atoms with Crippen LogP contribution in [0.3, 0.4) is 0 Å². The van der Waals surface area contributed by atoms with E-state index in [1.165, 1.54) is 0 Å². The number of carbonyl (C=O) groups excluding carboxylic acids is 1. The van der Waals surface area contributed by atoms with Gasteiger partial charge in [0, 0.05) is 18.4 Å². The van der Waals surface area contributed by atoms with E-state index in [4.69, 9.17) is 4.43 Å². The summed E-state index contributed by atoms with van der Waals surface area (Å²) in [7, 11) is -1.71. The van der Waals surface area contributed by atoms with E-state index in [9.17, 15) is 4.79 Å². The van der Waals surface area contributed by atoms with Gasteiger partial charge in [0.05, 0.1) is 6.61 Å². The van der Waals surface area contributed by atoms with Gasteiger partial charge in [0.1, 0.15) is 0 Å². The Morgan fingerprint density at radius 2 is 2.06 bits per heavy atom. The fourth-order valence-electron chi connectivity index (χ4n) is 1.47. The number of aryl methyl sites for hydroxylation is 1. The number of carbonyl (C=O) groups is 1. The molecule has 0 atom stereocenters. The number of hydrogen-bond acceptors (Lipinski definition) is 3. The second-order valence-electron chi connectivity index (χ2n) is 6.14. The Morgan fingerprint density at radius 1 is 1.44 bits per heavy atom. The summed E-state index contributed by atoms with van der Waals surface area (Å²) >= 11 is 0. The Kier molecular flexibility index (Phi) is 4.50. The molecule has 0 spiro atoms. The van der Waals surface area contributed by atoms with E-state index in [-0.39, 0.29) is 5.04 Å². The lowest BCUT2D eigenvalue weighted by Crippen LogP contribution is -2.41. The molecule has 0 fully saturated rings. The van der Waals surface area contributed by atoms with Gasteiger partial charge in [-0.05, 0) is 25.1 Å². The smallest absolute Gasteiger partial charge is 0.192 e. The molecule has 4 nitrogen and oxygen atoms in total. The van der Waals surface area contributed by atoms with Crippen molar-refractivity contribution in [2.45, 2.75) is 52.4 Å². The second kappa shape index (κ2) is 5.36. The molecule has 0 saturated heterocycles. The highest BCUT2D eigenvalue weighted by Crippen LogP contribution is 2.36. The molecule has 0 amide bonds. The van der Waals surface area contributed by atoms with Gasteiger partial charge in [-0.2, -0.15) is 0 Å². The van der Waals surface area contributed by atoms with Gasteiger partial charge in [0.15, 0.2) is 20.4 Å². The SMILES string of the molecule is Cc1cnc(C=O)n1CCO[Si](C)(C)C(C)(C)C. The molecule has 0 N–H and O–H groups in total. The third kappa shape index (κ3) is 3.29. The van der Waals surface area contributed by atoms with Crippen molar-refractivity contribution in [1.29, 1.82) is 0 Å². The zero-order valence-electron chi connectivity index (χ0n) is 12.3. The highest BCUT2D eigenvalue weighted by Gasteiger charge is 2.36. The summed E-state index contributed by atoms with van der Waals surface area (Å²) < 4.78 is 8.00. The molecule has 0 bridgehead atoms. The third-order valence-corrected chi connectivity index (χ3v) is 8.31. The standard InChI is InChI=1S/C13H24N2O2Si/c1-11-9-14-12(10-16)15(11)7-8-17-18(5,6)13(2,3)4/h9-10H,7-8H2,1-6H3. The Bertz CT molecular complexity index is 419. The molecule has 1 aromatic heterocycles. The van der Waals surface area contributed by atoms with Gasteiger partial charge in [-0.15, -0.1) is 0 Å². The van der Waals surface area contributed by atoms with Crippen LogP contribution in [0.4, 0.5) is 0 Å². The van der Waals surface area contributed by atoms with E-state index in [2.05, 4.69) is 38.8 Å². The predicted octanol–water partition coefficient (Wildman–Crippen LogP) is 3.03. The fraction of sp³-hybridized carbons (Fsp3) is 0.692. The summed E-state index contributed by atoms with van der Waals surface area (Å²) in [6.07, 6.45) is 2.51. The number of aromatic nitrogens is 2. The van der Waals surface area contributed by atoms with Crippen LogP contribution in [0.1, 0.15) is 37.1 Å². The molecule has 1 rings (SSSR count). The van der Waals surface area contributed by atoms with Crippen LogP contribution in [0.25, 0.3) is 0 Å². The lowest BCUT2D eigenvalue weighted by atomic mass is 10.2. The van der Waals surface area contributed by atoms with Crippen molar-refractivity contribution < 1.29 is 9.22 Å². The van der Waals surface area contributed by atoms with E-state index in [0.717, 1.165) is 12.0 Å². The van der Waals surface area contributed by atoms with Gasteiger partial charge in [-0.3, -0.25) is 4.79 Å². The molecule has 0 radical (unpaired) electrons. The van der Waals surface area contributed by atoms with Gasteiger partial charge in [0.2, 0.25) is 0 Å². The first-order valence-electron chi connectivity index (χ1n) is 6.30. The van der Waals surface area contributed by atoms with Crippen molar-refractivity contribution in [3.63, 3.8) is 0 Å². The second-order valence-corrected chi connectivity index (χ2v) is 10.9. The molecular formula is C13H24N2O2Si. The maximum atomic E-state index is 10.8. The summed E-state index contributed by atoms with van der Waals surface area (Å²) in [5.41, 5.74) is 0.996. The minimum atomic E-state index is -1.71. The molecule has 0 aliphatic rings. The lowest BCUT2D eigenvalue weighted by molar-refractivity contribution is 0.111. The van der Waals surface area contributed by atoms with E-state index in [0.29, 0.717) is 19.0 Å². The highest BCUT2D eigenvalue weighted by molar-refractivity contribution is 6.74. The molecular weight excluding hydrogens is 244 g/mol. The normalized spacial score (nSPS) is 12.8. The zero-order chi connectivity index (χ0) is 14.0. The minimum absolute atomic E-state index is 0.213. The average molecular weight is 268 g/mol. The van der Waals surface area contributed by atoms with E-state index >= 15 is 0 Å². The average Bonchev–Trinajstić information content (AvgIpc) is 2.58. The van der Waals surface area contributed by atoms with Crippen molar-refractivity contribution in [1.82, 2.24) is 9.55 Å². The van der Waals surface area contributed by atoms with Crippen molar-refractivity contribution in [2.75, 3.05) is 6.61 Å². The van der Waals surface area contributed by atoms with Gasteiger partial charge < -0.3 is 8.99 Å². The first kappa shape index (κ1) is 15.1. The summed E-state index contributed by atoms with van der Waals surface area (Å²) in [6, 6.07) is 0. The highest BCUT2D eigenvalue weighted by atomic mass is 28.4. The molecule has 1 heterocycles. The number of aldehydes is 1. The summed E-state index contributed by atoms with van der Waals surface area (Å²) in [4.78, 5) is 14.9. The van der Waals surface area contributed by atoms with E-state index < -0.39 is 8.32 Å². The van der Waals surface area contributed by atoms with Crippen molar-refractivity contribution in [3.8, 4) is 0 Å². The maximum absolute atomic E-state index is 10.8. The number of nitrogens with zero attached hydrogens (tertiary/aromatic N) is 2. The van der Waals surface area contributed by atoms with Gasteiger partial charge in [-0.1, -0.05) is 20.8 Å². The first-order chi connectivity index (χ1) is 8.19. The maximum Gasteiger partial charge on any atom is 0.192 e. The Balaban J connectivity index is 2.62. The number of hydrogen-bond donors (Lipinski definition) is 0. The van der Waals surface area contributed by atoms with E-state index in [1.807, 2.05) is 11.5 Å². The van der Waals surface area contributed by atoms with Gasteiger partial charge >= 0.3 is 0 Å². The molecule has 1 aromatic rings. The van der Waals surface area contributed by atoms with Gasteiger partial charge in [-0.25, -0.2) is 4.98 Å². The molecule has 0 unspecified atom stereocenters. The van der Waals surface area contributed by atoms with Gasteiger partial charge in [0.25, 0.3) is 0 Å². The topological polar surface area (TPSA) is 44.1 Å². The van der Waals surface area contributed by atoms with Crippen LogP contribution in [0.2, 0.25) is 18.1 Å². The summed E-state index contributed by atoms with van der Waals surface area (Å²) in [6.45, 7) is 14.4. The molecule has 0 aromatic carbocycles. The minimum Gasteiger partial charge on any atom is -0.415 e. The van der Waals surface area contributed by atoms with Crippen LogP contribution in [-0.2, 0) is 11.0 Å². The molecule has 5 heteroatoms. The Labute approximate surface area is 110 Å². The summed E-state index contributed by atoms with van der Waals surface area (Å²) in [5, 5.41) is 0.213. The molecule has 0 saturated carbocycles. The zero-order valence-corrected chi connectivity index (χ0v) is 13.3. The van der Waals surface area contributed by atoms with Crippen molar-refractivity contribution >= 4 is 14.6 Å². The van der Waals surface area contributed by atoms with Crippen LogP contribution in [0.5, 0.6) is 0 Å². The molecule has 0 aliphatic carbocycles. The third-order valence-electron chi connectivity index (χ3n) is 3.78. The van der Waals surface area contributed by atoms with Crippen molar-refractivity contribution in [3.05, 3.63) is 17.7 Å². The van der Waals surface area contributed by atoms with Crippen LogP contribution in [0.15, 0.2) is 6.20 Å². The van der Waals surface area contributed by atoms with Crippen LogP contribution < -0.4 is 0 Å². The number of imidazole rings is 1. The summed E-state index contributed by atoms with van der Waals surface area (Å²) in [5.74, 6) is 0.478. The quantitative estimate of drug-likeness (QED) is 0.609. The lowest BCUT2D eigenvalue weighted by Gasteiger charge is -2.36. The Morgan fingerprint density at radius 3 is 2.56 bits per heavy atom. The molecule has 0 aliphatic heterocycles.